The number of hydrogen-bond donors (Lipinski definition) is 1. The zero-order chi connectivity index (χ0) is 11.4. The quantitative estimate of drug-likeness (QED) is 0.842. The molecule has 0 bridgehead atoms. The second-order valence-electron chi connectivity index (χ2n) is 3.88. The summed E-state index contributed by atoms with van der Waals surface area (Å²) in [5.74, 6) is 1.02. The molecule has 1 N–H and O–H groups in total. The van der Waals surface area contributed by atoms with E-state index in [0.29, 0.717) is 12.1 Å². The highest BCUT2D eigenvalue weighted by Crippen LogP contribution is 2.24. The van der Waals surface area contributed by atoms with Crippen molar-refractivity contribution in [1.29, 1.82) is 0 Å². The minimum atomic E-state index is 0.298. The van der Waals surface area contributed by atoms with Gasteiger partial charge in [-0.05, 0) is 36.9 Å². The van der Waals surface area contributed by atoms with Gasteiger partial charge in [0.05, 0.1) is 12.3 Å². The van der Waals surface area contributed by atoms with E-state index >= 15 is 0 Å². The topological polar surface area (TPSA) is 25.2 Å². The van der Waals surface area contributed by atoms with Crippen molar-refractivity contribution in [2.24, 2.45) is 0 Å². The average Bonchev–Trinajstić information content (AvgIpc) is 2.96. The van der Waals surface area contributed by atoms with Gasteiger partial charge in [0, 0.05) is 10.9 Å². The van der Waals surface area contributed by atoms with Crippen LogP contribution in [0, 0.1) is 0 Å². The fourth-order valence-corrected chi connectivity index (χ4v) is 2.56. The summed E-state index contributed by atoms with van der Waals surface area (Å²) in [6.45, 7) is 4.36. The lowest BCUT2D eigenvalue weighted by atomic mass is 10.1. The van der Waals surface area contributed by atoms with Gasteiger partial charge in [0.2, 0.25) is 0 Å². The average molecular weight is 235 g/mol. The summed E-state index contributed by atoms with van der Waals surface area (Å²) >= 11 is 1.79. The van der Waals surface area contributed by atoms with Gasteiger partial charge in [0.15, 0.2) is 0 Å². The summed E-state index contributed by atoms with van der Waals surface area (Å²) in [5, 5.41) is 5.70. The van der Waals surface area contributed by atoms with Gasteiger partial charge < -0.3 is 4.42 Å². The first-order chi connectivity index (χ1) is 7.81. The van der Waals surface area contributed by atoms with Crippen molar-refractivity contribution < 1.29 is 4.42 Å². The first-order valence-electron chi connectivity index (χ1n) is 5.64. The molecule has 0 aromatic carbocycles. The molecule has 86 valence electrons. The Morgan fingerprint density at radius 2 is 2.25 bits per heavy atom. The third kappa shape index (κ3) is 2.54. The predicted octanol–water partition coefficient (Wildman–Crippen LogP) is 4.14. The van der Waals surface area contributed by atoms with Gasteiger partial charge in [0.1, 0.15) is 5.76 Å². The van der Waals surface area contributed by atoms with E-state index in [-0.39, 0.29) is 0 Å². The molecule has 0 saturated carbocycles. The molecule has 2 aromatic rings. The van der Waals surface area contributed by atoms with E-state index in [9.17, 15) is 0 Å². The normalized spacial score (nSPS) is 14.9. The summed E-state index contributed by atoms with van der Waals surface area (Å²) < 4.78 is 5.45. The first-order valence-corrected chi connectivity index (χ1v) is 6.52. The number of nitrogens with one attached hydrogen (secondary N) is 1. The molecule has 0 radical (unpaired) electrons. The van der Waals surface area contributed by atoms with Gasteiger partial charge in [-0.25, -0.2) is 0 Å². The van der Waals surface area contributed by atoms with E-state index in [1.807, 2.05) is 12.1 Å². The molecule has 0 aliphatic rings. The van der Waals surface area contributed by atoms with Crippen molar-refractivity contribution in [2.75, 3.05) is 0 Å². The molecule has 0 fully saturated rings. The smallest absolute Gasteiger partial charge is 0.120 e. The van der Waals surface area contributed by atoms with Gasteiger partial charge >= 0.3 is 0 Å². The monoisotopic (exact) mass is 235 g/mol. The van der Waals surface area contributed by atoms with Crippen LogP contribution in [0.25, 0.3) is 0 Å². The van der Waals surface area contributed by atoms with E-state index < -0.39 is 0 Å². The van der Waals surface area contributed by atoms with E-state index in [1.165, 1.54) is 4.88 Å². The van der Waals surface area contributed by atoms with Crippen LogP contribution in [0.3, 0.4) is 0 Å². The lowest BCUT2D eigenvalue weighted by molar-refractivity contribution is 0.378. The van der Waals surface area contributed by atoms with Gasteiger partial charge in [-0.2, -0.15) is 0 Å². The Morgan fingerprint density at radius 3 is 2.81 bits per heavy atom. The van der Waals surface area contributed by atoms with Crippen LogP contribution in [-0.4, -0.2) is 0 Å². The molecule has 0 aliphatic carbocycles. The minimum absolute atomic E-state index is 0.298. The zero-order valence-corrected chi connectivity index (χ0v) is 10.5. The summed E-state index contributed by atoms with van der Waals surface area (Å²) in [4.78, 5) is 1.37. The molecule has 16 heavy (non-hydrogen) atoms. The Balaban J connectivity index is 2.02. The molecular formula is C13H17NOS. The van der Waals surface area contributed by atoms with Crippen LogP contribution in [0.4, 0.5) is 0 Å². The molecule has 2 atom stereocenters. The molecular weight excluding hydrogens is 218 g/mol. The highest BCUT2D eigenvalue weighted by atomic mass is 32.1. The first kappa shape index (κ1) is 11.4. The van der Waals surface area contributed by atoms with Gasteiger partial charge in [-0.3, -0.25) is 5.32 Å². The van der Waals surface area contributed by atoms with Crippen molar-refractivity contribution in [1.82, 2.24) is 5.32 Å². The fraction of sp³-hybridized carbons (Fsp3) is 0.385. The Bertz CT molecular complexity index is 394. The third-order valence-corrected chi connectivity index (χ3v) is 3.77. The number of furan rings is 1. The molecule has 2 aromatic heterocycles. The predicted molar refractivity (Wildman–Crippen MR) is 67.6 cm³/mol. The van der Waals surface area contributed by atoms with Crippen molar-refractivity contribution in [3.63, 3.8) is 0 Å². The van der Waals surface area contributed by atoms with E-state index in [2.05, 4.69) is 36.7 Å². The number of hydrogen-bond acceptors (Lipinski definition) is 3. The van der Waals surface area contributed by atoms with Crippen molar-refractivity contribution in [3.05, 3.63) is 46.5 Å². The molecule has 0 spiro atoms. The Kier molecular flexibility index (Phi) is 3.80. The van der Waals surface area contributed by atoms with Gasteiger partial charge in [0.25, 0.3) is 0 Å². The molecule has 1 unspecified atom stereocenters. The van der Waals surface area contributed by atoms with Crippen molar-refractivity contribution in [3.8, 4) is 0 Å². The number of rotatable bonds is 5. The summed E-state index contributed by atoms with van der Waals surface area (Å²) in [6, 6.07) is 8.89. The zero-order valence-electron chi connectivity index (χ0n) is 9.64. The van der Waals surface area contributed by atoms with E-state index in [0.717, 1.165) is 12.2 Å². The lowest BCUT2D eigenvalue weighted by Crippen LogP contribution is -2.23. The molecule has 0 saturated heterocycles. The maximum Gasteiger partial charge on any atom is 0.120 e. The van der Waals surface area contributed by atoms with Crippen LogP contribution in [0.2, 0.25) is 0 Å². The van der Waals surface area contributed by atoms with Crippen LogP contribution in [-0.2, 0) is 0 Å². The molecule has 0 aliphatic heterocycles. The highest BCUT2D eigenvalue weighted by molar-refractivity contribution is 7.10. The van der Waals surface area contributed by atoms with Crippen molar-refractivity contribution in [2.45, 2.75) is 32.4 Å². The highest BCUT2D eigenvalue weighted by Gasteiger charge is 2.16. The van der Waals surface area contributed by atoms with Gasteiger partial charge in [-0.15, -0.1) is 11.3 Å². The molecule has 2 heterocycles. The van der Waals surface area contributed by atoms with Crippen LogP contribution < -0.4 is 5.32 Å². The van der Waals surface area contributed by atoms with Crippen LogP contribution in [0.5, 0.6) is 0 Å². The summed E-state index contributed by atoms with van der Waals surface area (Å²) in [5.41, 5.74) is 0. The third-order valence-electron chi connectivity index (χ3n) is 2.72. The van der Waals surface area contributed by atoms with Crippen LogP contribution in [0.1, 0.15) is 43.0 Å². The standard InChI is InChI=1S/C13H17NOS/c1-3-11(12-6-4-8-15-12)14-10(2)13-7-5-9-16-13/h4-11,14H,3H2,1-2H3/t10-,11?/m1/s1. The summed E-state index contributed by atoms with van der Waals surface area (Å²) in [7, 11) is 0. The fourth-order valence-electron chi connectivity index (χ4n) is 1.81. The van der Waals surface area contributed by atoms with Gasteiger partial charge in [-0.1, -0.05) is 13.0 Å². The minimum Gasteiger partial charge on any atom is -0.468 e. The van der Waals surface area contributed by atoms with E-state index in [1.54, 1.807) is 17.6 Å². The molecule has 2 nitrogen and oxygen atoms in total. The maximum absolute atomic E-state index is 5.45. The molecule has 2 rings (SSSR count). The second-order valence-corrected chi connectivity index (χ2v) is 4.86. The Labute approximate surface area is 100 Å². The maximum atomic E-state index is 5.45. The van der Waals surface area contributed by atoms with Crippen LogP contribution >= 0.6 is 11.3 Å². The SMILES string of the molecule is CCC(N[C@H](C)c1cccs1)c1ccco1. The van der Waals surface area contributed by atoms with Crippen molar-refractivity contribution >= 4 is 11.3 Å². The Morgan fingerprint density at radius 1 is 1.38 bits per heavy atom. The van der Waals surface area contributed by atoms with Crippen LogP contribution in [0.15, 0.2) is 40.3 Å². The number of thiophene rings is 1. The lowest BCUT2D eigenvalue weighted by Gasteiger charge is -2.19. The van der Waals surface area contributed by atoms with E-state index in [4.69, 9.17) is 4.42 Å². The summed E-state index contributed by atoms with van der Waals surface area (Å²) in [6.07, 6.45) is 2.76. The second kappa shape index (κ2) is 5.32. The molecule has 3 heteroatoms. The largest absolute Gasteiger partial charge is 0.468 e. The Hall–Kier alpha value is -1.06. The molecule has 0 amide bonds.